The SMILES string of the molecule is O=C(Nc1ccnc2ccnn12)c1cc2c(s1)CCCCCC2. The number of aryl methyl sites for hydroxylation is 2. The smallest absolute Gasteiger partial charge is 0.266 e. The van der Waals surface area contributed by atoms with Crippen LogP contribution in [0.1, 0.15) is 45.8 Å². The highest BCUT2D eigenvalue weighted by Gasteiger charge is 2.17. The molecule has 5 nitrogen and oxygen atoms in total. The minimum Gasteiger partial charge on any atom is -0.306 e. The molecule has 0 unspecified atom stereocenters. The number of aromatic nitrogens is 3. The predicted octanol–water partition coefficient (Wildman–Crippen LogP) is 3.70. The zero-order valence-corrected chi connectivity index (χ0v) is 13.6. The first kappa shape index (κ1) is 14.4. The number of thiophene rings is 1. The lowest BCUT2D eigenvalue weighted by atomic mass is 10.00. The fraction of sp³-hybridized carbons (Fsp3) is 0.353. The first-order chi connectivity index (χ1) is 11.3. The van der Waals surface area contributed by atoms with Gasteiger partial charge in [0.1, 0.15) is 5.82 Å². The van der Waals surface area contributed by atoms with Gasteiger partial charge in [0.2, 0.25) is 0 Å². The largest absolute Gasteiger partial charge is 0.306 e. The molecule has 1 aliphatic carbocycles. The van der Waals surface area contributed by atoms with E-state index < -0.39 is 0 Å². The van der Waals surface area contributed by atoms with Crippen molar-refractivity contribution in [2.75, 3.05) is 5.32 Å². The number of amides is 1. The third kappa shape index (κ3) is 2.86. The van der Waals surface area contributed by atoms with Crippen molar-refractivity contribution in [3.8, 4) is 0 Å². The summed E-state index contributed by atoms with van der Waals surface area (Å²) in [6.45, 7) is 0. The van der Waals surface area contributed by atoms with Crippen LogP contribution in [0.15, 0.2) is 30.6 Å². The molecule has 0 aromatic carbocycles. The van der Waals surface area contributed by atoms with Gasteiger partial charge in [-0.2, -0.15) is 9.61 Å². The van der Waals surface area contributed by atoms with E-state index in [1.54, 1.807) is 34.3 Å². The maximum absolute atomic E-state index is 12.6. The Morgan fingerprint density at radius 3 is 2.91 bits per heavy atom. The van der Waals surface area contributed by atoms with E-state index in [4.69, 9.17) is 0 Å². The molecule has 118 valence electrons. The lowest BCUT2D eigenvalue weighted by Crippen LogP contribution is -2.13. The quantitative estimate of drug-likeness (QED) is 0.781. The maximum atomic E-state index is 12.6. The van der Waals surface area contributed by atoms with E-state index in [0.29, 0.717) is 5.82 Å². The summed E-state index contributed by atoms with van der Waals surface area (Å²) in [6, 6.07) is 5.65. The topological polar surface area (TPSA) is 59.3 Å². The molecule has 0 radical (unpaired) electrons. The van der Waals surface area contributed by atoms with E-state index in [1.807, 2.05) is 6.07 Å². The lowest BCUT2D eigenvalue weighted by molar-refractivity contribution is 0.103. The Balaban J connectivity index is 1.59. The van der Waals surface area contributed by atoms with Crippen LogP contribution in [0, 0.1) is 0 Å². The van der Waals surface area contributed by atoms with Crippen molar-refractivity contribution < 1.29 is 4.79 Å². The number of carbonyl (C=O) groups excluding carboxylic acids is 1. The second-order valence-corrected chi connectivity index (χ2v) is 7.00. The number of rotatable bonds is 2. The number of nitrogens with zero attached hydrogens (tertiary/aromatic N) is 3. The molecule has 0 fully saturated rings. The summed E-state index contributed by atoms with van der Waals surface area (Å²) < 4.78 is 1.64. The van der Waals surface area contributed by atoms with Gasteiger partial charge >= 0.3 is 0 Å². The molecule has 23 heavy (non-hydrogen) atoms. The van der Waals surface area contributed by atoms with Gasteiger partial charge in [-0.05, 0) is 43.4 Å². The molecule has 1 N–H and O–H groups in total. The predicted molar refractivity (Wildman–Crippen MR) is 91.1 cm³/mol. The normalized spacial score (nSPS) is 15.0. The Kier molecular flexibility index (Phi) is 3.83. The maximum Gasteiger partial charge on any atom is 0.266 e. The van der Waals surface area contributed by atoms with E-state index in [1.165, 1.54) is 36.1 Å². The van der Waals surface area contributed by atoms with Gasteiger partial charge in [-0.15, -0.1) is 11.3 Å². The van der Waals surface area contributed by atoms with Crippen molar-refractivity contribution in [3.63, 3.8) is 0 Å². The minimum absolute atomic E-state index is 0.0650. The second kappa shape index (κ2) is 6.12. The number of carbonyl (C=O) groups is 1. The van der Waals surface area contributed by atoms with E-state index >= 15 is 0 Å². The molecule has 0 spiro atoms. The molecular weight excluding hydrogens is 308 g/mol. The molecule has 0 aliphatic heterocycles. The van der Waals surface area contributed by atoms with Crippen LogP contribution in [0.4, 0.5) is 5.82 Å². The summed E-state index contributed by atoms with van der Waals surface area (Å²) in [5.41, 5.74) is 2.08. The fourth-order valence-corrected chi connectivity index (χ4v) is 4.21. The minimum atomic E-state index is -0.0650. The van der Waals surface area contributed by atoms with Crippen LogP contribution in [0.2, 0.25) is 0 Å². The molecule has 3 aromatic heterocycles. The van der Waals surface area contributed by atoms with Crippen LogP contribution in [-0.4, -0.2) is 20.5 Å². The van der Waals surface area contributed by atoms with Gasteiger partial charge in [0.25, 0.3) is 5.91 Å². The molecule has 1 amide bonds. The first-order valence-corrected chi connectivity index (χ1v) is 8.84. The highest BCUT2D eigenvalue weighted by atomic mass is 32.1. The van der Waals surface area contributed by atoms with E-state index in [9.17, 15) is 4.79 Å². The average molecular weight is 326 g/mol. The van der Waals surface area contributed by atoms with Crippen LogP contribution in [0.25, 0.3) is 5.65 Å². The van der Waals surface area contributed by atoms with Crippen LogP contribution in [0.5, 0.6) is 0 Å². The molecule has 0 bridgehead atoms. The Hall–Kier alpha value is -2.21. The molecule has 0 saturated carbocycles. The zero-order chi connectivity index (χ0) is 15.6. The first-order valence-electron chi connectivity index (χ1n) is 8.03. The van der Waals surface area contributed by atoms with Crippen LogP contribution in [0.3, 0.4) is 0 Å². The number of hydrogen-bond acceptors (Lipinski definition) is 4. The van der Waals surface area contributed by atoms with Crippen molar-refractivity contribution in [2.45, 2.75) is 38.5 Å². The number of hydrogen-bond donors (Lipinski definition) is 1. The van der Waals surface area contributed by atoms with Gasteiger partial charge in [-0.25, -0.2) is 4.98 Å². The number of nitrogens with one attached hydrogen (secondary N) is 1. The van der Waals surface area contributed by atoms with E-state index in [2.05, 4.69) is 21.5 Å². The van der Waals surface area contributed by atoms with Crippen molar-refractivity contribution in [1.29, 1.82) is 0 Å². The average Bonchev–Trinajstić information content (AvgIpc) is 3.15. The number of anilines is 1. The van der Waals surface area contributed by atoms with Crippen molar-refractivity contribution in [2.24, 2.45) is 0 Å². The van der Waals surface area contributed by atoms with Crippen molar-refractivity contribution in [3.05, 3.63) is 45.9 Å². The van der Waals surface area contributed by atoms with E-state index in [0.717, 1.165) is 23.4 Å². The summed E-state index contributed by atoms with van der Waals surface area (Å²) in [4.78, 5) is 19.0. The summed E-state index contributed by atoms with van der Waals surface area (Å²) in [5, 5.41) is 7.16. The van der Waals surface area contributed by atoms with Crippen LogP contribution in [-0.2, 0) is 12.8 Å². The second-order valence-electron chi connectivity index (χ2n) is 5.86. The fourth-order valence-electron chi connectivity index (χ4n) is 3.06. The molecule has 0 atom stereocenters. The zero-order valence-electron chi connectivity index (χ0n) is 12.8. The third-order valence-electron chi connectivity index (χ3n) is 4.25. The third-order valence-corrected chi connectivity index (χ3v) is 5.49. The highest BCUT2D eigenvalue weighted by Crippen LogP contribution is 2.29. The summed E-state index contributed by atoms with van der Waals surface area (Å²) in [5.74, 6) is 0.579. The molecule has 3 aromatic rings. The Morgan fingerprint density at radius 1 is 1.13 bits per heavy atom. The molecular formula is C17H18N4OS. The van der Waals surface area contributed by atoms with Crippen molar-refractivity contribution >= 4 is 28.7 Å². The van der Waals surface area contributed by atoms with Gasteiger partial charge < -0.3 is 5.32 Å². The molecule has 1 aliphatic rings. The monoisotopic (exact) mass is 326 g/mol. The standard InChI is InChI=1S/C17H18N4OS/c22-17(20-16-7-9-18-15-8-10-19-21(15)16)14-11-12-5-3-1-2-4-6-13(12)23-14/h7-11H,1-6H2,(H,20,22). The highest BCUT2D eigenvalue weighted by molar-refractivity contribution is 7.14. The summed E-state index contributed by atoms with van der Waals surface area (Å²) >= 11 is 1.64. The Bertz CT molecular complexity index is 826. The Morgan fingerprint density at radius 2 is 2.00 bits per heavy atom. The summed E-state index contributed by atoms with van der Waals surface area (Å²) in [7, 11) is 0. The van der Waals surface area contributed by atoms with Gasteiger partial charge in [0, 0.05) is 17.1 Å². The van der Waals surface area contributed by atoms with Gasteiger partial charge in [-0.1, -0.05) is 12.8 Å². The number of fused-ring (bicyclic) bond motifs is 2. The molecule has 4 rings (SSSR count). The summed E-state index contributed by atoms with van der Waals surface area (Å²) in [6.07, 6.45) is 10.6. The van der Waals surface area contributed by atoms with Gasteiger partial charge in [-0.3, -0.25) is 4.79 Å². The Labute approximate surface area is 138 Å². The van der Waals surface area contributed by atoms with Crippen LogP contribution < -0.4 is 5.32 Å². The van der Waals surface area contributed by atoms with E-state index in [-0.39, 0.29) is 5.91 Å². The van der Waals surface area contributed by atoms with Crippen molar-refractivity contribution in [1.82, 2.24) is 14.6 Å². The van der Waals surface area contributed by atoms with Gasteiger partial charge in [0.15, 0.2) is 5.65 Å². The van der Waals surface area contributed by atoms with Crippen LogP contribution >= 0.6 is 11.3 Å². The molecule has 6 heteroatoms. The lowest BCUT2D eigenvalue weighted by Gasteiger charge is -2.07. The van der Waals surface area contributed by atoms with Gasteiger partial charge in [0.05, 0.1) is 11.1 Å². The molecule has 0 saturated heterocycles. The molecule has 3 heterocycles.